The van der Waals surface area contributed by atoms with Crippen LogP contribution in [0.15, 0.2) is 0 Å². The van der Waals surface area contributed by atoms with Gasteiger partial charge in [0, 0.05) is 17.7 Å². The van der Waals surface area contributed by atoms with E-state index in [1.807, 2.05) is 0 Å². The maximum absolute atomic E-state index is 5.45. The van der Waals surface area contributed by atoms with Crippen LogP contribution < -0.4 is 0 Å². The fourth-order valence-electron chi connectivity index (χ4n) is 0.532. The fraction of sp³-hybridized carbons (Fsp3) is 0.714. The molecule has 0 aromatic rings. The predicted octanol–water partition coefficient (Wildman–Crippen LogP) is 2.99. The summed E-state index contributed by atoms with van der Waals surface area (Å²) < 4.78 is 0. The molecule has 0 nitrogen and oxygen atoms in total. The van der Waals surface area contributed by atoms with E-state index in [0.717, 1.165) is 31.6 Å². The van der Waals surface area contributed by atoms with Gasteiger partial charge >= 0.3 is 0 Å². The average Bonchev–Trinajstić information content (AvgIpc) is 1.89. The van der Waals surface area contributed by atoms with Gasteiger partial charge in [-0.3, -0.25) is 0 Å². The monoisotopic (exact) mass is 164 g/mol. The highest BCUT2D eigenvalue weighted by Gasteiger charge is 1.83. The van der Waals surface area contributed by atoms with Gasteiger partial charge in [-0.1, -0.05) is 12.3 Å². The van der Waals surface area contributed by atoms with Crippen molar-refractivity contribution in [3.8, 4) is 11.3 Å². The zero-order chi connectivity index (χ0) is 6.95. The van der Waals surface area contributed by atoms with Gasteiger partial charge in [0.25, 0.3) is 0 Å². The van der Waals surface area contributed by atoms with E-state index >= 15 is 0 Å². The van der Waals surface area contributed by atoms with Gasteiger partial charge in [0.1, 0.15) is 0 Å². The molecule has 0 aromatic carbocycles. The molecule has 0 fully saturated rings. The van der Waals surface area contributed by atoms with Crippen molar-refractivity contribution >= 4 is 23.2 Å². The average molecular weight is 165 g/mol. The smallest absolute Gasteiger partial charge is 0.0223 e. The summed E-state index contributed by atoms with van der Waals surface area (Å²) in [6.45, 7) is 0. The lowest BCUT2D eigenvalue weighted by Gasteiger charge is -1.89. The molecule has 0 saturated carbocycles. The van der Waals surface area contributed by atoms with Gasteiger partial charge in [-0.2, -0.15) is 0 Å². The fourth-order valence-corrected chi connectivity index (χ4v) is 0.815. The zero-order valence-corrected chi connectivity index (χ0v) is 6.80. The molecule has 0 aromatic heterocycles. The van der Waals surface area contributed by atoms with Crippen LogP contribution in [-0.4, -0.2) is 5.88 Å². The lowest BCUT2D eigenvalue weighted by Crippen LogP contribution is -1.75. The molecule has 0 aliphatic heterocycles. The summed E-state index contributed by atoms with van der Waals surface area (Å²) in [5.41, 5.74) is 0. The second-order valence-electron chi connectivity index (χ2n) is 1.77. The van der Waals surface area contributed by atoms with Gasteiger partial charge in [-0.15, -0.1) is 11.6 Å². The van der Waals surface area contributed by atoms with Crippen molar-refractivity contribution in [3.63, 3.8) is 0 Å². The predicted molar refractivity (Wildman–Crippen MR) is 42.8 cm³/mol. The number of hydrogen-bond donors (Lipinski definition) is 0. The Bertz CT molecular complexity index is 99.2. The number of halogens is 2. The van der Waals surface area contributed by atoms with Crippen molar-refractivity contribution in [3.05, 3.63) is 0 Å². The second kappa shape index (κ2) is 8.14. The van der Waals surface area contributed by atoms with Crippen LogP contribution in [0.5, 0.6) is 0 Å². The third kappa shape index (κ3) is 8.14. The van der Waals surface area contributed by atoms with Crippen LogP contribution >= 0.6 is 23.2 Å². The van der Waals surface area contributed by atoms with Crippen molar-refractivity contribution in [2.75, 3.05) is 5.88 Å². The van der Waals surface area contributed by atoms with Gasteiger partial charge in [0.15, 0.2) is 0 Å². The topological polar surface area (TPSA) is 0 Å². The Hall–Kier alpha value is 0.140. The van der Waals surface area contributed by atoms with E-state index in [-0.39, 0.29) is 0 Å². The number of unbranched alkanes of at least 4 members (excludes halogenated alkanes) is 3. The molecule has 0 rings (SSSR count). The second-order valence-corrected chi connectivity index (χ2v) is 2.34. The molecule has 0 saturated heterocycles. The Kier molecular flexibility index (Phi) is 8.27. The Morgan fingerprint density at radius 2 is 1.89 bits per heavy atom. The van der Waals surface area contributed by atoms with E-state index in [1.165, 1.54) is 0 Å². The van der Waals surface area contributed by atoms with Crippen LogP contribution in [0.1, 0.15) is 25.7 Å². The number of rotatable bonds is 4. The van der Waals surface area contributed by atoms with Crippen LogP contribution in [0.3, 0.4) is 0 Å². The highest BCUT2D eigenvalue weighted by atomic mass is 35.5. The third-order valence-corrected chi connectivity index (χ3v) is 1.40. The van der Waals surface area contributed by atoms with E-state index in [1.54, 1.807) is 0 Å². The molecule has 9 heavy (non-hydrogen) atoms. The summed E-state index contributed by atoms with van der Waals surface area (Å²) in [5.74, 6) is 3.54. The first-order valence-corrected chi connectivity index (χ1v) is 3.97. The van der Waals surface area contributed by atoms with Crippen LogP contribution in [0.2, 0.25) is 0 Å². The Labute approximate surface area is 66.5 Å². The third-order valence-electron chi connectivity index (χ3n) is 1.00. The lowest BCUT2D eigenvalue weighted by molar-refractivity contribution is 0.741. The largest absolute Gasteiger partial charge is 0.127 e. The van der Waals surface area contributed by atoms with Crippen molar-refractivity contribution in [2.45, 2.75) is 25.7 Å². The van der Waals surface area contributed by atoms with Crippen LogP contribution in [-0.2, 0) is 0 Å². The van der Waals surface area contributed by atoms with Crippen molar-refractivity contribution in [1.29, 1.82) is 0 Å². The highest BCUT2D eigenvalue weighted by Crippen LogP contribution is 1.99. The Morgan fingerprint density at radius 3 is 2.44 bits per heavy atom. The minimum Gasteiger partial charge on any atom is -0.127 e. The molecular formula is C7H10Cl2. The van der Waals surface area contributed by atoms with E-state index in [2.05, 4.69) is 11.3 Å². The summed E-state index contributed by atoms with van der Waals surface area (Å²) in [7, 11) is 0. The van der Waals surface area contributed by atoms with Gasteiger partial charge in [-0.25, -0.2) is 0 Å². The highest BCUT2D eigenvalue weighted by molar-refractivity contribution is 6.30. The van der Waals surface area contributed by atoms with Gasteiger partial charge in [0.2, 0.25) is 0 Å². The lowest BCUT2D eigenvalue weighted by atomic mass is 10.2. The first kappa shape index (κ1) is 9.14. The van der Waals surface area contributed by atoms with E-state index in [0.29, 0.717) is 0 Å². The molecular weight excluding hydrogens is 155 g/mol. The summed E-state index contributed by atoms with van der Waals surface area (Å²) in [4.78, 5) is 0. The molecule has 0 heterocycles. The molecule has 0 unspecified atom stereocenters. The van der Waals surface area contributed by atoms with E-state index < -0.39 is 0 Å². The van der Waals surface area contributed by atoms with Crippen LogP contribution in [0.4, 0.5) is 0 Å². The maximum atomic E-state index is 5.45. The van der Waals surface area contributed by atoms with Gasteiger partial charge < -0.3 is 0 Å². The zero-order valence-electron chi connectivity index (χ0n) is 5.29. The quantitative estimate of drug-likeness (QED) is 0.341. The molecule has 0 N–H and O–H groups in total. The molecule has 0 bridgehead atoms. The standard InChI is InChI=1S/C7H10Cl2/c8-6-4-2-1-3-5-7-9/h1-4,6H2. The minimum absolute atomic E-state index is 0.758. The molecule has 52 valence electrons. The molecule has 0 radical (unpaired) electrons. The van der Waals surface area contributed by atoms with Crippen molar-refractivity contribution in [2.24, 2.45) is 0 Å². The van der Waals surface area contributed by atoms with E-state index in [9.17, 15) is 0 Å². The molecule has 2 heteroatoms. The first-order valence-electron chi connectivity index (χ1n) is 3.06. The summed E-state index contributed by atoms with van der Waals surface area (Å²) in [6, 6.07) is 0. The first-order chi connectivity index (χ1) is 4.41. The van der Waals surface area contributed by atoms with Gasteiger partial charge in [0.05, 0.1) is 0 Å². The van der Waals surface area contributed by atoms with Crippen LogP contribution in [0, 0.1) is 11.3 Å². The maximum Gasteiger partial charge on any atom is 0.0223 e. The van der Waals surface area contributed by atoms with Gasteiger partial charge in [-0.05, 0) is 24.4 Å². The molecule has 0 spiro atoms. The van der Waals surface area contributed by atoms with Crippen LogP contribution in [0.25, 0.3) is 0 Å². The normalized spacial score (nSPS) is 8.22. The van der Waals surface area contributed by atoms with E-state index in [4.69, 9.17) is 23.2 Å². The molecule has 0 aliphatic carbocycles. The van der Waals surface area contributed by atoms with Crippen molar-refractivity contribution in [1.82, 2.24) is 0 Å². The number of alkyl halides is 1. The molecule has 0 atom stereocenters. The SMILES string of the molecule is ClC#CCCCCCCl. The molecule has 0 aliphatic rings. The van der Waals surface area contributed by atoms with Crippen molar-refractivity contribution < 1.29 is 0 Å². The minimum atomic E-state index is 0.758. The summed E-state index contributed by atoms with van der Waals surface area (Å²) in [6.07, 6.45) is 4.27. The Balaban J connectivity index is 2.80. The molecule has 0 amide bonds. The Morgan fingerprint density at radius 1 is 1.11 bits per heavy atom. The number of hydrogen-bond acceptors (Lipinski definition) is 0. The summed E-state index contributed by atoms with van der Waals surface area (Å²) >= 11 is 10.6. The summed E-state index contributed by atoms with van der Waals surface area (Å²) in [5, 5.41) is 2.33.